The van der Waals surface area contributed by atoms with Gasteiger partial charge in [0.05, 0.1) is 12.4 Å². The van der Waals surface area contributed by atoms with E-state index in [2.05, 4.69) is 10.5 Å². The third kappa shape index (κ3) is 3.70. The Morgan fingerprint density at radius 3 is 3.26 bits per heavy atom. The van der Waals surface area contributed by atoms with Crippen LogP contribution in [0.4, 0.5) is 0 Å². The average molecular weight is 267 g/mol. The van der Waals surface area contributed by atoms with Crippen LogP contribution >= 0.6 is 0 Å². The Kier molecular flexibility index (Phi) is 4.79. The summed E-state index contributed by atoms with van der Waals surface area (Å²) in [5.74, 6) is 0.554. The van der Waals surface area contributed by atoms with E-state index in [0.717, 1.165) is 32.2 Å². The largest absolute Gasteiger partial charge is 0.461 e. The summed E-state index contributed by atoms with van der Waals surface area (Å²) < 4.78 is 4.91. The van der Waals surface area contributed by atoms with Crippen LogP contribution in [-0.2, 0) is 14.4 Å². The summed E-state index contributed by atoms with van der Waals surface area (Å²) in [5, 5.41) is 0. The number of aliphatic imine (C=N–C) groups is 1. The van der Waals surface area contributed by atoms with Crippen molar-refractivity contribution in [3.05, 3.63) is 11.8 Å². The first-order valence-corrected chi connectivity index (χ1v) is 6.81. The zero-order valence-electron chi connectivity index (χ0n) is 11.2. The zero-order valence-corrected chi connectivity index (χ0v) is 11.2. The number of carbonyl (C=O) groups is 1. The predicted molar refractivity (Wildman–Crippen MR) is 71.2 cm³/mol. The van der Waals surface area contributed by atoms with E-state index in [1.54, 1.807) is 13.0 Å². The van der Waals surface area contributed by atoms with Crippen LogP contribution in [0.15, 0.2) is 16.8 Å². The number of ether oxygens (including phenoxy) is 1. The van der Waals surface area contributed by atoms with Crippen LogP contribution in [0.2, 0.25) is 0 Å². The first-order chi connectivity index (χ1) is 9.20. The van der Waals surface area contributed by atoms with Gasteiger partial charge in [0.15, 0.2) is 0 Å². The van der Waals surface area contributed by atoms with E-state index >= 15 is 0 Å². The molecular weight excluding hydrogens is 246 g/mol. The van der Waals surface area contributed by atoms with Crippen molar-refractivity contribution in [2.75, 3.05) is 13.2 Å². The minimum Gasteiger partial charge on any atom is -0.461 e. The minimum absolute atomic E-state index is 0.156. The van der Waals surface area contributed by atoms with E-state index < -0.39 is 0 Å². The number of rotatable bonds is 4. The topological polar surface area (TPSA) is 85.9 Å². The van der Waals surface area contributed by atoms with Crippen molar-refractivity contribution < 1.29 is 14.4 Å². The fourth-order valence-corrected chi connectivity index (χ4v) is 2.33. The fourth-order valence-electron chi connectivity index (χ4n) is 2.33. The van der Waals surface area contributed by atoms with Gasteiger partial charge in [-0.25, -0.2) is 4.79 Å². The van der Waals surface area contributed by atoms with E-state index in [-0.39, 0.29) is 18.0 Å². The van der Waals surface area contributed by atoms with Crippen molar-refractivity contribution in [3.63, 3.8) is 0 Å². The zero-order chi connectivity index (χ0) is 13.7. The van der Waals surface area contributed by atoms with Gasteiger partial charge in [-0.2, -0.15) is 0 Å². The Balaban J connectivity index is 1.91. The number of amidine groups is 1. The summed E-state index contributed by atoms with van der Waals surface area (Å²) in [4.78, 5) is 21.2. The maximum atomic E-state index is 11.5. The fraction of sp³-hybridized carbons (Fsp3) is 0.692. The van der Waals surface area contributed by atoms with Crippen LogP contribution in [0.5, 0.6) is 0 Å². The van der Waals surface area contributed by atoms with Crippen molar-refractivity contribution in [1.29, 1.82) is 0 Å². The Morgan fingerprint density at radius 2 is 2.47 bits per heavy atom. The van der Waals surface area contributed by atoms with Crippen molar-refractivity contribution >= 4 is 11.8 Å². The first kappa shape index (κ1) is 13.9. The number of hydrogen-bond acceptors (Lipinski definition) is 6. The Bertz CT molecular complexity index is 393. The van der Waals surface area contributed by atoms with E-state index in [1.165, 1.54) is 0 Å². The number of esters is 1. The monoisotopic (exact) mass is 267 g/mol. The average Bonchev–Trinajstić information content (AvgIpc) is 2.76. The number of nitrogens with zero attached hydrogens (tertiary/aromatic N) is 1. The molecule has 6 nitrogen and oxygen atoms in total. The highest BCUT2D eigenvalue weighted by molar-refractivity contribution is 5.88. The lowest BCUT2D eigenvalue weighted by atomic mass is 9.95. The molecule has 3 N–H and O–H groups in total. The Labute approximate surface area is 113 Å². The van der Waals surface area contributed by atoms with Crippen LogP contribution in [0, 0.1) is 5.92 Å². The molecule has 0 bridgehead atoms. The summed E-state index contributed by atoms with van der Waals surface area (Å²) in [5.41, 5.74) is 8.95. The maximum Gasteiger partial charge on any atom is 0.356 e. The Hall–Kier alpha value is -1.56. The quantitative estimate of drug-likeness (QED) is 0.739. The van der Waals surface area contributed by atoms with Gasteiger partial charge in [-0.1, -0.05) is 6.42 Å². The van der Waals surface area contributed by atoms with Crippen LogP contribution < -0.4 is 11.2 Å². The normalized spacial score (nSPS) is 27.0. The van der Waals surface area contributed by atoms with Gasteiger partial charge in [0.1, 0.15) is 11.8 Å². The second kappa shape index (κ2) is 6.56. The molecule has 2 unspecified atom stereocenters. The molecule has 19 heavy (non-hydrogen) atoms. The van der Waals surface area contributed by atoms with E-state index in [9.17, 15) is 4.79 Å². The molecule has 0 amide bonds. The highest BCUT2D eigenvalue weighted by Gasteiger charge is 2.26. The van der Waals surface area contributed by atoms with Gasteiger partial charge in [-0.3, -0.25) is 15.3 Å². The molecule has 2 rings (SSSR count). The smallest absolute Gasteiger partial charge is 0.356 e. The summed E-state index contributed by atoms with van der Waals surface area (Å²) in [6.45, 7) is 2.94. The van der Waals surface area contributed by atoms with Crippen LogP contribution in [0.25, 0.3) is 0 Å². The third-order valence-corrected chi connectivity index (χ3v) is 3.36. The van der Waals surface area contributed by atoms with E-state index in [4.69, 9.17) is 15.3 Å². The molecule has 0 radical (unpaired) electrons. The summed E-state index contributed by atoms with van der Waals surface area (Å²) in [7, 11) is 0. The first-order valence-electron chi connectivity index (χ1n) is 6.81. The summed E-state index contributed by atoms with van der Waals surface area (Å²) >= 11 is 0. The summed E-state index contributed by atoms with van der Waals surface area (Å²) in [6.07, 6.45) is 5.59. The van der Waals surface area contributed by atoms with Crippen molar-refractivity contribution in [3.8, 4) is 0 Å². The number of nitrogens with one attached hydrogen (secondary N) is 1. The third-order valence-electron chi connectivity index (χ3n) is 3.36. The lowest BCUT2D eigenvalue weighted by molar-refractivity contribution is -0.140. The molecule has 0 aromatic heterocycles. The van der Waals surface area contributed by atoms with Gasteiger partial charge in [0, 0.05) is 12.5 Å². The minimum atomic E-state index is -0.382. The predicted octanol–water partition coefficient (Wildman–Crippen LogP) is 0.884. The molecule has 0 saturated heterocycles. The molecule has 2 heterocycles. The molecule has 0 saturated carbocycles. The molecule has 2 aliphatic heterocycles. The second-order valence-electron chi connectivity index (χ2n) is 4.79. The molecule has 0 aliphatic carbocycles. The number of hydrogen-bond donors (Lipinski definition) is 2. The number of hydroxylamine groups is 1. The van der Waals surface area contributed by atoms with Crippen LogP contribution in [-0.4, -0.2) is 31.1 Å². The number of carbonyl (C=O) groups excluding carboxylic acids is 1. The van der Waals surface area contributed by atoms with Gasteiger partial charge >= 0.3 is 5.97 Å². The highest BCUT2D eigenvalue weighted by Crippen LogP contribution is 2.22. The van der Waals surface area contributed by atoms with Crippen molar-refractivity contribution in [1.82, 2.24) is 5.48 Å². The molecule has 2 atom stereocenters. The molecule has 0 fully saturated rings. The van der Waals surface area contributed by atoms with Crippen molar-refractivity contribution in [2.45, 2.75) is 38.7 Å². The van der Waals surface area contributed by atoms with Gasteiger partial charge in [-0.05, 0) is 32.3 Å². The molecular formula is C13H21N3O3. The van der Waals surface area contributed by atoms with E-state index in [1.807, 2.05) is 0 Å². The molecule has 0 aromatic rings. The SMILES string of the molecule is CCOC(=O)C1=CC(CC2CCCCN=C2N)ON1. The molecule has 0 aromatic carbocycles. The van der Waals surface area contributed by atoms with Gasteiger partial charge in [-0.15, -0.1) is 0 Å². The van der Waals surface area contributed by atoms with Gasteiger partial charge in [0.25, 0.3) is 0 Å². The second-order valence-corrected chi connectivity index (χ2v) is 4.79. The lowest BCUT2D eigenvalue weighted by Crippen LogP contribution is -2.27. The van der Waals surface area contributed by atoms with Gasteiger partial charge in [0.2, 0.25) is 0 Å². The molecule has 0 spiro atoms. The lowest BCUT2D eigenvalue weighted by Gasteiger charge is -2.16. The van der Waals surface area contributed by atoms with Crippen molar-refractivity contribution in [2.24, 2.45) is 16.6 Å². The molecule has 6 heteroatoms. The molecule has 2 aliphatic rings. The van der Waals surface area contributed by atoms with Gasteiger partial charge < -0.3 is 10.5 Å². The van der Waals surface area contributed by atoms with Crippen LogP contribution in [0.1, 0.15) is 32.6 Å². The maximum absolute atomic E-state index is 11.5. The summed E-state index contributed by atoms with van der Waals surface area (Å²) in [6, 6.07) is 0. The van der Waals surface area contributed by atoms with Crippen LogP contribution in [0.3, 0.4) is 0 Å². The molecule has 106 valence electrons. The van der Waals surface area contributed by atoms with E-state index in [0.29, 0.717) is 18.1 Å². The Morgan fingerprint density at radius 1 is 1.63 bits per heavy atom. The standard InChI is InChI=1S/C13H21N3O3/c1-2-18-13(17)11-8-10(19-16-11)7-9-5-3-4-6-15-12(9)14/h8-10,16H,2-7H2,1H3,(H2,14,15). The number of nitrogens with two attached hydrogens (primary N) is 1. The highest BCUT2D eigenvalue weighted by atomic mass is 16.7.